The molecule has 11 heteroatoms. The van der Waals surface area contributed by atoms with Crippen molar-refractivity contribution in [3.63, 3.8) is 0 Å². The lowest BCUT2D eigenvalue weighted by Crippen LogP contribution is -2.35. The van der Waals surface area contributed by atoms with Crippen LogP contribution in [-0.2, 0) is 16.2 Å². The number of piperidine rings is 1. The van der Waals surface area contributed by atoms with Crippen molar-refractivity contribution in [2.24, 2.45) is 0 Å². The van der Waals surface area contributed by atoms with Crippen LogP contribution in [0.1, 0.15) is 40.2 Å². The van der Waals surface area contributed by atoms with E-state index in [9.17, 15) is 26.4 Å². The smallest absolute Gasteiger partial charge is 0.321 e. The molecule has 6 nitrogen and oxygen atoms in total. The van der Waals surface area contributed by atoms with E-state index >= 15 is 0 Å². The van der Waals surface area contributed by atoms with E-state index in [0.29, 0.717) is 29.7 Å². The third-order valence-electron chi connectivity index (χ3n) is 5.37. The molecule has 32 heavy (non-hydrogen) atoms. The minimum absolute atomic E-state index is 0.130. The predicted molar refractivity (Wildman–Crippen MR) is 116 cm³/mol. The molecule has 1 saturated heterocycles. The fourth-order valence-corrected chi connectivity index (χ4v) is 6.22. The molecular weight excluding hydrogens is 463 g/mol. The van der Waals surface area contributed by atoms with Gasteiger partial charge in [0.1, 0.15) is 10.5 Å². The maximum absolute atomic E-state index is 12.9. The number of halogens is 3. The Morgan fingerprint density at radius 2 is 1.72 bits per heavy atom. The van der Waals surface area contributed by atoms with Crippen LogP contribution in [-0.4, -0.2) is 36.7 Å². The minimum Gasteiger partial charge on any atom is -0.321 e. The second-order valence-electron chi connectivity index (χ2n) is 7.55. The van der Waals surface area contributed by atoms with Crippen molar-refractivity contribution >= 4 is 43.2 Å². The van der Waals surface area contributed by atoms with Crippen molar-refractivity contribution in [3.05, 3.63) is 52.5 Å². The molecule has 2 aromatic heterocycles. The summed E-state index contributed by atoms with van der Waals surface area (Å²) in [4.78, 5) is 16.9. The maximum atomic E-state index is 12.9. The first-order valence-corrected chi connectivity index (χ1v) is 12.2. The van der Waals surface area contributed by atoms with Gasteiger partial charge in [0.15, 0.2) is 0 Å². The van der Waals surface area contributed by atoms with Gasteiger partial charge in [0.05, 0.1) is 9.77 Å². The summed E-state index contributed by atoms with van der Waals surface area (Å²) in [5.74, 6) is -0.495. The van der Waals surface area contributed by atoms with Crippen LogP contribution in [0, 0.1) is 6.92 Å². The van der Waals surface area contributed by atoms with E-state index in [1.807, 2.05) is 0 Å². The first-order chi connectivity index (χ1) is 15.1. The van der Waals surface area contributed by atoms with Crippen LogP contribution >= 0.6 is 11.3 Å². The summed E-state index contributed by atoms with van der Waals surface area (Å²) in [6.07, 6.45) is -1.88. The van der Waals surface area contributed by atoms with Gasteiger partial charge in [0, 0.05) is 24.2 Å². The van der Waals surface area contributed by atoms with E-state index in [1.165, 1.54) is 34.6 Å². The fourth-order valence-electron chi connectivity index (χ4n) is 3.63. The highest BCUT2D eigenvalue weighted by atomic mass is 32.2. The molecule has 0 spiro atoms. The molecule has 0 radical (unpaired) electrons. The number of nitrogens with zero attached hydrogens (tertiary/aromatic N) is 2. The number of nitrogens with one attached hydrogen (secondary N) is 1. The number of hydrogen-bond donors (Lipinski definition) is 1. The first-order valence-electron chi connectivity index (χ1n) is 9.96. The molecule has 0 saturated carbocycles. The zero-order valence-electron chi connectivity index (χ0n) is 17.1. The average Bonchev–Trinajstić information content (AvgIpc) is 3.10. The fraction of sp³-hybridized carbons (Fsp3) is 0.333. The average molecular weight is 484 g/mol. The summed E-state index contributed by atoms with van der Waals surface area (Å²) in [5.41, 5.74) is -0.0925. The van der Waals surface area contributed by atoms with E-state index in [2.05, 4.69) is 10.3 Å². The number of anilines is 1. The zero-order chi connectivity index (χ0) is 23.1. The zero-order valence-corrected chi connectivity index (χ0v) is 18.7. The van der Waals surface area contributed by atoms with Gasteiger partial charge < -0.3 is 5.32 Å². The minimum atomic E-state index is -4.56. The van der Waals surface area contributed by atoms with E-state index < -0.39 is 27.8 Å². The Morgan fingerprint density at radius 3 is 2.34 bits per heavy atom. The van der Waals surface area contributed by atoms with Crippen molar-refractivity contribution in [1.29, 1.82) is 0 Å². The number of rotatable bonds is 4. The highest BCUT2D eigenvalue weighted by Gasteiger charge is 2.33. The Hall–Kier alpha value is -2.50. The van der Waals surface area contributed by atoms with Gasteiger partial charge >= 0.3 is 6.18 Å². The molecule has 1 amide bonds. The lowest BCUT2D eigenvalue weighted by molar-refractivity contribution is -0.140. The van der Waals surface area contributed by atoms with Crippen molar-refractivity contribution < 1.29 is 26.4 Å². The van der Waals surface area contributed by atoms with Crippen molar-refractivity contribution in [3.8, 4) is 0 Å². The Labute approximate surface area is 187 Å². The third kappa shape index (κ3) is 4.37. The van der Waals surface area contributed by atoms with E-state index in [0.717, 1.165) is 36.7 Å². The molecule has 0 aliphatic carbocycles. The largest absolute Gasteiger partial charge is 0.433 e. The molecule has 0 unspecified atom stereocenters. The highest BCUT2D eigenvalue weighted by Crippen LogP contribution is 2.34. The normalized spacial score (nSPS) is 15.8. The molecule has 0 bridgehead atoms. The van der Waals surface area contributed by atoms with Gasteiger partial charge in [0.25, 0.3) is 5.91 Å². The number of benzene rings is 1. The van der Waals surface area contributed by atoms with Crippen molar-refractivity contribution in [2.45, 2.75) is 37.3 Å². The quantitative estimate of drug-likeness (QED) is 0.563. The lowest BCUT2D eigenvalue weighted by Gasteiger charge is -2.25. The third-order valence-corrected chi connectivity index (χ3v) is 8.48. The van der Waals surface area contributed by atoms with Crippen LogP contribution in [0.5, 0.6) is 0 Å². The number of carbonyl (C=O) groups is 1. The molecular formula is C21H20F3N3O3S2. The summed E-state index contributed by atoms with van der Waals surface area (Å²) in [6, 6.07) is 8.08. The molecule has 170 valence electrons. The lowest BCUT2D eigenvalue weighted by atomic mass is 10.1. The Kier molecular flexibility index (Phi) is 5.99. The second-order valence-corrected chi connectivity index (χ2v) is 10.5. The van der Waals surface area contributed by atoms with Gasteiger partial charge in [-0.25, -0.2) is 13.4 Å². The highest BCUT2D eigenvalue weighted by molar-refractivity contribution is 7.89. The number of aromatic nitrogens is 1. The van der Waals surface area contributed by atoms with Crippen molar-refractivity contribution in [2.75, 3.05) is 18.4 Å². The molecule has 0 atom stereocenters. The maximum Gasteiger partial charge on any atom is 0.433 e. The molecule has 3 heterocycles. The predicted octanol–water partition coefficient (Wildman–Crippen LogP) is 5.05. The molecule has 4 rings (SSSR count). The van der Waals surface area contributed by atoms with E-state index in [1.54, 1.807) is 6.92 Å². The van der Waals surface area contributed by atoms with Crippen LogP contribution in [0.15, 0.2) is 41.3 Å². The summed E-state index contributed by atoms with van der Waals surface area (Å²) in [6.45, 7) is 2.64. The number of thiophene rings is 1. The van der Waals surface area contributed by atoms with Crippen LogP contribution in [0.2, 0.25) is 0 Å². The first kappa shape index (κ1) is 22.7. The van der Waals surface area contributed by atoms with Crippen LogP contribution < -0.4 is 5.32 Å². The number of pyridine rings is 1. The molecule has 1 aliphatic heterocycles. The Bertz CT molecular complexity index is 1260. The topological polar surface area (TPSA) is 79.4 Å². The van der Waals surface area contributed by atoms with Gasteiger partial charge in [-0.15, -0.1) is 11.3 Å². The van der Waals surface area contributed by atoms with E-state index in [-0.39, 0.29) is 14.6 Å². The molecule has 1 aliphatic rings. The SMILES string of the molecule is Cc1c(C(=O)Nc2ccc(S(=O)(=O)N3CCCCC3)cc2)sc2nc(C(F)(F)F)ccc12. The van der Waals surface area contributed by atoms with Gasteiger partial charge in [-0.3, -0.25) is 4.79 Å². The number of alkyl halides is 3. The Balaban J connectivity index is 1.54. The second kappa shape index (κ2) is 8.45. The van der Waals surface area contributed by atoms with Crippen LogP contribution in [0.4, 0.5) is 18.9 Å². The molecule has 1 aromatic carbocycles. The van der Waals surface area contributed by atoms with E-state index in [4.69, 9.17) is 0 Å². The number of amides is 1. The van der Waals surface area contributed by atoms with Gasteiger partial charge in [-0.1, -0.05) is 6.42 Å². The van der Waals surface area contributed by atoms with Crippen LogP contribution in [0.3, 0.4) is 0 Å². The van der Waals surface area contributed by atoms with Gasteiger partial charge in [-0.2, -0.15) is 17.5 Å². The number of sulfonamides is 1. The standard InChI is InChI=1S/C21H20F3N3O3S2/c1-13-16-9-10-17(21(22,23)24)26-20(16)31-18(13)19(28)25-14-5-7-15(8-6-14)32(29,30)27-11-3-2-4-12-27/h5-10H,2-4,11-12H2,1H3,(H,25,28). The van der Waals surface area contributed by atoms with Crippen LogP contribution in [0.25, 0.3) is 10.2 Å². The number of fused-ring (bicyclic) bond motifs is 1. The summed E-state index contributed by atoms with van der Waals surface area (Å²) in [5, 5.41) is 3.16. The molecule has 1 N–H and O–H groups in total. The summed E-state index contributed by atoms with van der Waals surface area (Å²) < 4.78 is 65.7. The molecule has 1 fully saturated rings. The Morgan fingerprint density at radius 1 is 1.06 bits per heavy atom. The summed E-state index contributed by atoms with van der Waals surface area (Å²) >= 11 is 0.882. The van der Waals surface area contributed by atoms with Gasteiger partial charge in [-0.05, 0) is 61.7 Å². The number of carbonyl (C=O) groups excluding carboxylic acids is 1. The van der Waals surface area contributed by atoms with Gasteiger partial charge in [0.2, 0.25) is 10.0 Å². The number of hydrogen-bond acceptors (Lipinski definition) is 5. The van der Waals surface area contributed by atoms with Crippen molar-refractivity contribution in [1.82, 2.24) is 9.29 Å². The number of aryl methyl sites for hydroxylation is 1. The summed E-state index contributed by atoms with van der Waals surface area (Å²) in [7, 11) is -3.58. The monoisotopic (exact) mass is 483 g/mol. The molecule has 3 aromatic rings.